The highest BCUT2D eigenvalue weighted by Gasteiger charge is 2.20. The zero-order chi connectivity index (χ0) is 29.2. The molecule has 0 saturated heterocycles. The fourth-order valence-electron chi connectivity index (χ4n) is 3.75. The van der Waals surface area contributed by atoms with E-state index in [2.05, 4.69) is 26.1 Å². The molecular weight excluding hydrogens is 558 g/mol. The maximum atomic E-state index is 13.5. The van der Waals surface area contributed by atoms with E-state index in [1.54, 1.807) is 60.7 Å². The number of nitrogens with one attached hydrogen (secondary N) is 3. The molecule has 210 valence electrons. The van der Waals surface area contributed by atoms with E-state index >= 15 is 0 Å². The lowest BCUT2D eigenvalue weighted by atomic mass is 10.1. The average Bonchev–Trinajstić information content (AvgIpc) is 3.40. The predicted octanol–water partition coefficient (Wildman–Crippen LogP) is 5.77. The Balaban J connectivity index is 1.52. The molecule has 0 saturated carbocycles. The molecule has 0 fully saturated rings. The van der Waals surface area contributed by atoms with E-state index in [-0.39, 0.29) is 16.9 Å². The molecule has 41 heavy (non-hydrogen) atoms. The molecule has 0 aliphatic carbocycles. The first-order valence-electron chi connectivity index (χ1n) is 12.8. The fourth-order valence-corrected chi connectivity index (χ4v) is 5.36. The summed E-state index contributed by atoms with van der Waals surface area (Å²) < 4.78 is 5.42. The first-order valence-corrected chi connectivity index (χ1v) is 14.5. The molecule has 0 radical (unpaired) electrons. The number of aryl methyl sites for hydroxylation is 1. The average molecular weight is 588 g/mol. The number of nitrogens with zero attached hydrogens (tertiary/aromatic N) is 2. The second-order valence-corrected chi connectivity index (χ2v) is 11.2. The van der Waals surface area contributed by atoms with Crippen molar-refractivity contribution >= 4 is 57.7 Å². The second-order valence-electron chi connectivity index (χ2n) is 8.73. The van der Waals surface area contributed by atoms with Crippen LogP contribution in [0.1, 0.15) is 34.3 Å². The summed E-state index contributed by atoms with van der Waals surface area (Å²) in [6, 6.07) is 23.0. The number of hydrogen-bond donors (Lipinski definition) is 3. The van der Waals surface area contributed by atoms with E-state index in [0.29, 0.717) is 34.1 Å². The predicted molar refractivity (Wildman–Crippen MR) is 163 cm³/mol. The van der Waals surface area contributed by atoms with Crippen LogP contribution in [0.4, 0.5) is 10.8 Å². The molecule has 3 amide bonds. The van der Waals surface area contributed by atoms with Crippen LogP contribution in [0, 0.1) is 6.92 Å². The van der Waals surface area contributed by atoms with Gasteiger partial charge in [0.25, 0.3) is 11.8 Å². The van der Waals surface area contributed by atoms with Gasteiger partial charge in [0.1, 0.15) is 16.5 Å². The van der Waals surface area contributed by atoms with E-state index in [1.165, 1.54) is 30.2 Å². The summed E-state index contributed by atoms with van der Waals surface area (Å²) in [5, 5.41) is 17.2. The summed E-state index contributed by atoms with van der Waals surface area (Å²) in [6.07, 6.45) is 2.16. The Kier molecular flexibility index (Phi) is 10.2. The zero-order valence-electron chi connectivity index (χ0n) is 22.7. The summed E-state index contributed by atoms with van der Waals surface area (Å²) >= 11 is 2.69. The highest BCUT2D eigenvalue weighted by atomic mass is 32.2. The molecule has 1 atom stereocenters. The van der Waals surface area contributed by atoms with Crippen molar-refractivity contribution in [2.75, 3.05) is 17.7 Å². The van der Waals surface area contributed by atoms with Crippen molar-refractivity contribution in [1.82, 2.24) is 15.5 Å². The normalized spacial score (nSPS) is 11.8. The van der Waals surface area contributed by atoms with Gasteiger partial charge in [-0.2, -0.15) is 0 Å². The summed E-state index contributed by atoms with van der Waals surface area (Å²) in [5.74, 6) is -0.557. The lowest BCUT2D eigenvalue weighted by Crippen LogP contribution is -2.30. The quantitative estimate of drug-likeness (QED) is 0.150. The third kappa shape index (κ3) is 8.26. The van der Waals surface area contributed by atoms with Crippen LogP contribution in [0.15, 0.2) is 89.5 Å². The molecule has 4 aromatic rings. The van der Waals surface area contributed by atoms with Gasteiger partial charge in [-0.15, -0.1) is 22.0 Å². The maximum absolute atomic E-state index is 13.5. The van der Waals surface area contributed by atoms with Gasteiger partial charge in [0, 0.05) is 21.7 Å². The zero-order valence-corrected chi connectivity index (χ0v) is 24.3. The molecule has 11 heteroatoms. The van der Waals surface area contributed by atoms with Crippen molar-refractivity contribution in [3.63, 3.8) is 0 Å². The number of aromatic nitrogens is 2. The topological polar surface area (TPSA) is 122 Å². The molecule has 1 heterocycles. The van der Waals surface area contributed by atoms with Crippen LogP contribution in [0.3, 0.4) is 0 Å². The van der Waals surface area contributed by atoms with Gasteiger partial charge in [-0.05, 0) is 55.8 Å². The number of para-hydroxylation sites is 1. The summed E-state index contributed by atoms with van der Waals surface area (Å²) in [6.45, 7) is 3.75. The van der Waals surface area contributed by atoms with E-state index in [0.717, 1.165) is 9.90 Å². The van der Waals surface area contributed by atoms with E-state index in [4.69, 9.17) is 4.74 Å². The summed E-state index contributed by atoms with van der Waals surface area (Å²) in [4.78, 5) is 40.0. The lowest BCUT2D eigenvalue weighted by Gasteiger charge is -2.15. The molecule has 9 nitrogen and oxygen atoms in total. The second kappa shape index (κ2) is 14.2. The highest BCUT2D eigenvalue weighted by Crippen LogP contribution is 2.29. The van der Waals surface area contributed by atoms with Crippen molar-refractivity contribution in [3.8, 4) is 5.75 Å². The molecule has 3 aromatic carbocycles. The van der Waals surface area contributed by atoms with Gasteiger partial charge in [0.15, 0.2) is 0 Å². The Hall–Kier alpha value is -4.48. The summed E-state index contributed by atoms with van der Waals surface area (Å²) in [7, 11) is 1.54. The lowest BCUT2D eigenvalue weighted by molar-refractivity contribution is -0.116. The van der Waals surface area contributed by atoms with Gasteiger partial charge < -0.3 is 15.4 Å². The van der Waals surface area contributed by atoms with Gasteiger partial charge in [0.05, 0.1) is 12.4 Å². The largest absolute Gasteiger partial charge is 0.496 e. The van der Waals surface area contributed by atoms with Crippen LogP contribution in [-0.4, -0.2) is 40.3 Å². The first kappa shape index (κ1) is 29.5. The van der Waals surface area contributed by atoms with Gasteiger partial charge in [-0.1, -0.05) is 60.7 Å². The minimum absolute atomic E-state index is 0.0413. The van der Waals surface area contributed by atoms with Crippen molar-refractivity contribution in [2.24, 2.45) is 0 Å². The monoisotopic (exact) mass is 587 g/mol. The molecular formula is C30H29N5O4S2. The van der Waals surface area contributed by atoms with Crippen LogP contribution in [0.2, 0.25) is 0 Å². The highest BCUT2D eigenvalue weighted by molar-refractivity contribution is 8.00. The number of benzene rings is 3. The molecule has 0 aliphatic heterocycles. The fraction of sp³-hybridized carbons (Fsp3) is 0.167. The molecule has 1 aromatic heterocycles. The summed E-state index contributed by atoms with van der Waals surface area (Å²) in [5.41, 5.74) is 1.59. The van der Waals surface area contributed by atoms with Crippen LogP contribution < -0.4 is 20.7 Å². The molecule has 4 rings (SSSR count). The van der Waals surface area contributed by atoms with Crippen molar-refractivity contribution in [1.29, 1.82) is 0 Å². The maximum Gasteiger partial charge on any atom is 0.272 e. The SMILES string of the molecule is CCC(Sc1cccc(NC(=O)/C(=C\c2ccccc2OC)NC(=O)c2ccccc2)c1)C(=O)Nc1nnc(C)s1. The third-order valence-corrected chi connectivity index (χ3v) is 7.87. The van der Waals surface area contributed by atoms with E-state index < -0.39 is 11.8 Å². The molecule has 3 N–H and O–H groups in total. The van der Waals surface area contributed by atoms with Crippen LogP contribution in [0.5, 0.6) is 5.75 Å². The Morgan fingerprint density at radius 2 is 1.73 bits per heavy atom. The minimum atomic E-state index is -0.515. The standard InChI is InChI=1S/C30H29N5O4S2/c1-4-26(29(38)33-30-35-34-19(2)40-30)41-23-15-10-14-22(18-23)31-28(37)24(17-21-13-8-9-16-25(21)39-3)32-27(36)20-11-6-5-7-12-20/h5-18,26H,4H2,1-3H3,(H,31,37)(H,32,36)(H,33,35,38)/b24-17+. The van der Waals surface area contributed by atoms with Gasteiger partial charge in [-0.3, -0.25) is 19.7 Å². The minimum Gasteiger partial charge on any atom is -0.496 e. The first-order chi connectivity index (χ1) is 19.9. The van der Waals surface area contributed by atoms with Crippen LogP contribution in [0.25, 0.3) is 6.08 Å². The number of thioether (sulfide) groups is 1. The number of carbonyl (C=O) groups is 3. The third-order valence-electron chi connectivity index (χ3n) is 5.76. The molecule has 1 unspecified atom stereocenters. The number of rotatable bonds is 11. The Bertz CT molecular complexity index is 1560. The number of hydrogen-bond acceptors (Lipinski definition) is 8. The number of carbonyl (C=O) groups excluding carboxylic acids is 3. The van der Waals surface area contributed by atoms with Crippen molar-refractivity contribution in [3.05, 3.63) is 101 Å². The molecule has 0 spiro atoms. The Morgan fingerprint density at radius 1 is 0.976 bits per heavy atom. The van der Waals surface area contributed by atoms with Gasteiger partial charge in [0.2, 0.25) is 11.0 Å². The van der Waals surface area contributed by atoms with E-state index in [1.807, 2.05) is 38.1 Å². The Labute approximate surface area is 246 Å². The van der Waals surface area contributed by atoms with Crippen molar-refractivity contribution in [2.45, 2.75) is 30.4 Å². The van der Waals surface area contributed by atoms with Crippen LogP contribution >= 0.6 is 23.1 Å². The molecule has 0 aliphatic rings. The number of methoxy groups -OCH3 is 1. The molecule has 0 bridgehead atoms. The van der Waals surface area contributed by atoms with E-state index in [9.17, 15) is 14.4 Å². The number of anilines is 2. The smallest absolute Gasteiger partial charge is 0.272 e. The van der Waals surface area contributed by atoms with Crippen LogP contribution in [-0.2, 0) is 9.59 Å². The van der Waals surface area contributed by atoms with Crippen molar-refractivity contribution < 1.29 is 19.1 Å². The number of amides is 3. The number of ether oxygens (including phenoxy) is 1. The Morgan fingerprint density at radius 3 is 2.44 bits per heavy atom. The van der Waals surface area contributed by atoms with Gasteiger partial charge in [-0.25, -0.2) is 0 Å². The van der Waals surface area contributed by atoms with Gasteiger partial charge >= 0.3 is 0 Å².